The Labute approximate surface area is 135 Å². The number of hydrogen-bond acceptors (Lipinski definition) is 4. The molecule has 1 aromatic carbocycles. The van der Waals surface area contributed by atoms with Crippen molar-refractivity contribution >= 4 is 41.6 Å². The minimum Gasteiger partial charge on any atom is -0.355 e. The molecule has 0 amide bonds. The van der Waals surface area contributed by atoms with Gasteiger partial charge in [0.15, 0.2) is 5.96 Å². The molecule has 0 saturated carbocycles. The van der Waals surface area contributed by atoms with Crippen molar-refractivity contribution in [1.29, 1.82) is 0 Å². The van der Waals surface area contributed by atoms with Gasteiger partial charge in [-0.3, -0.25) is 0 Å². The molecule has 1 atom stereocenters. The van der Waals surface area contributed by atoms with Gasteiger partial charge in [-0.15, -0.1) is 12.4 Å². The van der Waals surface area contributed by atoms with Crippen LogP contribution >= 0.6 is 35.6 Å². The molecule has 1 heterocycles. The second-order valence-electron chi connectivity index (χ2n) is 4.74. The Morgan fingerprint density at radius 2 is 2.00 bits per heavy atom. The highest BCUT2D eigenvalue weighted by Gasteiger charge is 2.22. The van der Waals surface area contributed by atoms with Crippen LogP contribution in [-0.2, 0) is 0 Å². The van der Waals surface area contributed by atoms with Crippen LogP contribution < -0.4 is 10.6 Å². The van der Waals surface area contributed by atoms with Crippen molar-refractivity contribution in [2.75, 3.05) is 33.7 Å². The quantitative estimate of drug-likeness (QED) is 0.887. The lowest BCUT2D eigenvalue weighted by atomic mass is 10.1. The van der Waals surface area contributed by atoms with Crippen LogP contribution in [0.4, 0.5) is 0 Å². The monoisotopic (exact) mass is 336 g/mol. The molecule has 1 aliphatic heterocycles. The SMILES string of the molecule is CN(C)CCNC1=NC(c2c(Cl)cccc2Cl)CN1.Cl. The predicted octanol–water partition coefficient (Wildman–Crippen LogP) is 2.57. The average molecular weight is 338 g/mol. The maximum Gasteiger partial charge on any atom is 0.192 e. The molecule has 0 aliphatic carbocycles. The van der Waals surface area contributed by atoms with Gasteiger partial charge in [-0.2, -0.15) is 0 Å². The van der Waals surface area contributed by atoms with Gasteiger partial charge in [-0.25, -0.2) is 4.99 Å². The molecule has 0 bridgehead atoms. The first-order valence-corrected chi connectivity index (χ1v) is 6.97. The van der Waals surface area contributed by atoms with Crippen LogP contribution in [0.15, 0.2) is 23.2 Å². The molecular formula is C13H19Cl3N4. The number of nitrogens with zero attached hydrogens (tertiary/aromatic N) is 2. The van der Waals surface area contributed by atoms with Crippen LogP contribution in [0, 0.1) is 0 Å². The third-order valence-corrected chi connectivity index (χ3v) is 3.59. The standard InChI is InChI=1S/C13H18Cl2N4.ClH/c1-19(2)7-6-16-13-17-8-11(18-13)12-9(14)4-3-5-10(12)15;/h3-5,11H,6-8H2,1-2H3,(H2,16,17,18);1H. The van der Waals surface area contributed by atoms with Crippen LogP contribution in [0.25, 0.3) is 0 Å². The molecular weight excluding hydrogens is 319 g/mol. The number of rotatable bonds is 4. The molecule has 0 spiro atoms. The number of aliphatic imine (C=N–C) groups is 1. The molecule has 112 valence electrons. The van der Waals surface area contributed by atoms with E-state index in [2.05, 4.69) is 20.5 Å². The zero-order valence-electron chi connectivity index (χ0n) is 11.5. The summed E-state index contributed by atoms with van der Waals surface area (Å²) >= 11 is 12.4. The molecule has 2 N–H and O–H groups in total. The fourth-order valence-electron chi connectivity index (χ4n) is 1.94. The van der Waals surface area contributed by atoms with Crippen LogP contribution in [0.1, 0.15) is 11.6 Å². The highest BCUT2D eigenvalue weighted by atomic mass is 35.5. The van der Waals surface area contributed by atoms with Gasteiger partial charge in [0.05, 0.1) is 6.04 Å². The summed E-state index contributed by atoms with van der Waals surface area (Å²) in [6, 6.07) is 5.50. The van der Waals surface area contributed by atoms with E-state index in [0.717, 1.165) is 24.6 Å². The maximum absolute atomic E-state index is 6.19. The second-order valence-corrected chi connectivity index (χ2v) is 5.55. The van der Waals surface area contributed by atoms with E-state index >= 15 is 0 Å². The third kappa shape index (κ3) is 4.42. The summed E-state index contributed by atoms with van der Waals surface area (Å²) in [4.78, 5) is 6.70. The highest BCUT2D eigenvalue weighted by molar-refractivity contribution is 6.36. The summed E-state index contributed by atoms with van der Waals surface area (Å²) in [5, 5.41) is 7.83. The molecule has 1 aromatic rings. The van der Waals surface area contributed by atoms with Crippen molar-refractivity contribution in [3.05, 3.63) is 33.8 Å². The van der Waals surface area contributed by atoms with Crippen molar-refractivity contribution in [2.24, 2.45) is 4.99 Å². The third-order valence-electron chi connectivity index (χ3n) is 2.93. The first-order chi connectivity index (χ1) is 9.08. The van der Waals surface area contributed by atoms with Gasteiger partial charge in [0.25, 0.3) is 0 Å². The second kappa shape index (κ2) is 7.93. The van der Waals surface area contributed by atoms with Crippen LogP contribution in [0.3, 0.4) is 0 Å². The number of benzene rings is 1. The van der Waals surface area contributed by atoms with Gasteiger partial charge >= 0.3 is 0 Å². The number of likely N-dealkylation sites (N-methyl/N-ethyl adjacent to an activating group) is 1. The van der Waals surface area contributed by atoms with Crippen molar-refractivity contribution in [1.82, 2.24) is 15.5 Å². The maximum atomic E-state index is 6.19. The summed E-state index contributed by atoms with van der Waals surface area (Å²) in [6.45, 7) is 2.52. The van der Waals surface area contributed by atoms with E-state index in [1.165, 1.54) is 0 Å². The van der Waals surface area contributed by atoms with E-state index in [-0.39, 0.29) is 18.4 Å². The zero-order chi connectivity index (χ0) is 13.8. The molecule has 0 saturated heterocycles. The molecule has 1 unspecified atom stereocenters. The lowest BCUT2D eigenvalue weighted by Crippen LogP contribution is -2.37. The fourth-order valence-corrected chi connectivity index (χ4v) is 2.59. The van der Waals surface area contributed by atoms with Crippen LogP contribution in [0.5, 0.6) is 0 Å². The smallest absolute Gasteiger partial charge is 0.192 e. The van der Waals surface area contributed by atoms with Crippen molar-refractivity contribution in [3.63, 3.8) is 0 Å². The van der Waals surface area contributed by atoms with Crippen molar-refractivity contribution in [3.8, 4) is 0 Å². The highest BCUT2D eigenvalue weighted by Crippen LogP contribution is 2.33. The molecule has 2 rings (SSSR count). The Hall–Kier alpha value is -0.680. The van der Waals surface area contributed by atoms with E-state index in [9.17, 15) is 0 Å². The Morgan fingerprint density at radius 1 is 1.35 bits per heavy atom. The predicted molar refractivity (Wildman–Crippen MR) is 88.4 cm³/mol. The normalized spacial score (nSPS) is 17.4. The van der Waals surface area contributed by atoms with E-state index < -0.39 is 0 Å². The first-order valence-electron chi connectivity index (χ1n) is 6.22. The van der Waals surface area contributed by atoms with Gasteiger partial charge in [-0.05, 0) is 26.2 Å². The Morgan fingerprint density at radius 3 is 2.60 bits per heavy atom. The van der Waals surface area contributed by atoms with Gasteiger partial charge < -0.3 is 15.5 Å². The number of guanidine groups is 1. The van der Waals surface area contributed by atoms with E-state index in [4.69, 9.17) is 23.2 Å². The minimum atomic E-state index is -0.0249. The van der Waals surface area contributed by atoms with Crippen LogP contribution in [-0.4, -0.2) is 44.6 Å². The summed E-state index contributed by atoms with van der Waals surface area (Å²) in [6.07, 6.45) is 0. The number of nitrogens with one attached hydrogen (secondary N) is 2. The zero-order valence-corrected chi connectivity index (χ0v) is 13.8. The fraction of sp³-hybridized carbons (Fsp3) is 0.462. The minimum absolute atomic E-state index is 0. The molecule has 4 nitrogen and oxygen atoms in total. The lowest BCUT2D eigenvalue weighted by Gasteiger charge is -2.10. The molecule has 1 aliphatic rings. The molecule has 0 radical (unpaired) electrons. The van der Waals surface area contributed by atoms with Crippen molar-refractivity contribution < 1.29 is 0 Å². The Bertz CT molecular complexity index is 456. The van der Waals surface area contributed by atoms with E-state index in [1.54, 1.807) is 0 Å². The summed E-state index contributed by atoms with van der Waals surface area (Å²) in [7, 11) is 4.08. The van der Waals surface area contributed by atoms with E-state index in [0.29, 0.717) is 16.6 Å². The van der Waals surface area contributed by atoms with Crippen molar-refractivity contribution in [2.45, 2.75) is 6.04 Å². The average Bonchev–Trinajstić information content (AvgIpc) is 2.77. The lowest BCUT2D eigenvalue weighted by molar-refractivity contribution is 0.412. The van der Waals surface area contributed by atoms with Gasteiger partial charge in [0, 0.05) is 35.2 Å². The molecule has 20 heavy (non-hydrogen) atoms. The van der Waals surface area contributed by atoms with Gasteiger partial charge in [0.1, 0.15) is 0 Å². The largest absolute Gasteiger partial charge is 0.355 e. The van der Waals surface area contributed by atoms with Gasteiger partial charge in [-0.1, -0.05) is 29.3 Å². The summed E-state index contributed by atoms with van der Waals surface area (Å²) in [5.41, 5.74) is 0.891. The topological polar surface area (TPSA) is 39.7 Å². The van der Waals surface area contributed by atoms with E-state index in [1.807, 2.05) is 32.3 Å². The number of halogens is 3. The molecule has 7 heteroatoms. The molecule has 0 aromatic heterocycles. The van der Waals surface area contributed by atoms with Crippen LogP contribution in [0.2, 0.25) is 10.0 Å². The summed E-state index contributed by atoms with van der Waals surface area (Å²) in [5.74, 6) is 0.808. The summed E-state index contributed by atoms with van der Waals surface area (Å²) < 4.78 is 0. The van der Waals surface area contributed by atoms with Gasteiger partial charge in [0.2, 0.25) is 0 Å². The molecule has 0 fully saturated rings. The Kier molecular flexibility index (Phi) is 6.89. The number of hydrogen-bond donors (Lipinski definition) is 2. The Balaban J connectivity index is 0.00000200. The first kappa shape index (κ1) is 17.4.